The topological polar surface area (TPSA) is 105 Å². The lowest BCUT2D eigenvalue weighted by Gasteiger charge is -2.40. The summed E-state index contributed by atoms with van der Waals surface area (Å²) in [5.41, 5.74) is 1.16. The minimum Gasteiger partial charge on any atom is -0.511 e. The van der Waals surface area contributed by atoms with Crippen LogP contribution in [-0.2, 0) is 16.0 Å². The number of Topliss-reactive ketones (excluding diaryl/α,β-unsaturated/α-hetero) is 3. The summed E-state index contributed by atoms with van der Waals surface area (Å²) in [6, 6.07) is 3.34. The summed E-state index contributed by atoms with van der Waals surface area (Å²) in [4.78, 5) is 41.5. The van der Waals surface area contributed by atoms with Gasteiger partial charge in [-0.05, 0) is 43.7 Å². The van der Waals surface area contributed by atoms with Gasteiger partial charge in [-0.3, -0.25) is 19.4 Å². The molecule has 0 saturated carbocycles. The van der Waals surface area contributed by atoms with Crippen molar-refractivity contribution in [3.63, 3.8) is 0 Å². The largest absolute Gasteiger partial charge is 0.511 e. The lowest BCUT2D eigenvalue weighted by Crippen LogP contribution is -2.42. The fourth-order valence-corrected chi connectivity index (χ4v) is 4.46. The number of aromatic nitrogens is 1. The van der Waals surface area contributed by atoms with Gasteiger partial charge in [0, 0.05) is 23.8 Å². The maximum absolute atomic E-state index is 12.8. The summed E-state index contributed by atoms with van der Waals surface area (Å²) in [7, 11) is 0. The second-order valence-corrected chi connectivity index (χ2v) is 6.95. The number of hydrogen-bond acceptors (Lipinski definition) is 6. The van der Waals surface area contributed by atoms with Crippen molar-refractivity contribution in [1.29, 1.82) is 0 Å². The van der Waals surface area contributed by atoms with E-state index in [9.17, 15) is 24.6 Å². The van der Waals surface area contributed by atoms with Gasteiger partial charge in [0.25, 0.3) is 0 Å². The van der Waals surface area contributed by atoms with Gasteiger partial charge in [-0.15, -0.1) is 0 Å². The van der Waals surface area contributed by atoms with E-state index in [4.69, 9.17) is 0 Å². The number of nitrogens with zero attached hydrogens (tertiary/aromatic N) is 1. The van der Waals surface area contributed by atoms with E-state index in [-0.39, 0.29) is 46.7 Å². The molecule has 1 unspecified atom stereocenters. The minimum atomic E-state index is -0.928. The summed E-state index contributed by atoms with van der Waals surface area (Å²) in [5.74, 6) is -3.33. The molecule has 1 aromatic heterocycles. The van der Waals surface area contributed by atoms with Crippen LogP contribution in [0.2, 0.25) is 0 Å². The van der Waals surface area contributed by atoms with Gasteiger partial charge in [0.1, 0.15) is 11.5 Å². The number of ketones is 3. The molecule has 6 nitrogen and oxygen atoms in total. The predicted octanol–water partition coefficient (Wildman–Crippen LogP) is 2.26. The van der Waals surface area contributed by atoms with Crippen molar-refractivity contribution in [1.82, 2.24) is 4.98 Å². The van der Waals surface area contributed by atoms with Crippen LogP contribution in [0.15, 0.2) is 41.0 Å². The van der Waals surface area contributed by atoms with Crippen molar-refractivity contribution in [2.24, 2.45) is 17.8 Å². The standard InChI is InChI=1S/C19H17NO5/c1-8(21)14-13(22)7-10-5-9-6-12-11(3-2-4-20-12)17(23)15(9)19(25)16(10)18(14)24/h2-4,9-10,16,22,25H,5-7H2,1H3/t9-,10+,16?/m1/s1. The number of pyridine rings is 1. The molecule has 0 bridgehead atoms. The molecule has 0 aromatic carbocycles. The van der Waals surface area contributed by atoms with Crippen LogP contribution in [0.4, 0.5) is 0 Å². The molecule has 0 fully saturated rings. The van der Waals surface area contributed by atoms with Gasteiger partial charge in [-0.2, -0.15) is 0 Å². The predicted molar refractivity (Wildman–Crippen MR) is 87.0 cm³/mol. The third-order valence-corrected chi connectivity index (χ3v) is 5.48. The van der Waals surface area contributed by atoms with Crippen LogP contribution in [0, 0.1) is 17.8 Å². The second kappa shape index (κ2) is 5.37. The molecule has 0 aliphatic heterocycles. The zero-order valence-corrected chi connectivity index (χ0v) is 13.7. The van der Waals surface area contributed by atoms with Crippen molar-refractivity contribution in [3.05, 3.63) is 52.3 Å². The summed E-state index contributed by atoms with van der Waals surface area (Å²) >= 11 is 0. The van der Waals surface area contributed by atoms with Crippen molar-refractivity contribution >= 4 is 17.3 Å². The molecule has 128 valence electrons. The maximum Gasteiger partial charge on any atom is 0.194 e. The van der Waals surface area contributed by atoms with E-state index >= 15 is 0 Å². The molecule has 0 radical (unpaired) electrons. The minimum absolute atomic E-state index is 0.155. The van der Waals surface area contributed by atoms with E-state index in [1.165, 1.54) is 6.92 Å². The van der Waals surface area contributed by atoms with E-state index in [1.54, 1.807) is 18.3 Å². The molecule has 6 heteroatoms. The molecule has 3 aliphatic rings. The molecule has 4 rings (SSSR count). The van der Waals surface area contributed by atoms with E-state index in [0.29, 0.717) is 24.1 Å². The first kappa shape index (κ1) is 15.7. The third-order valence-electron chi connectivity index (χ3n) is 5.48. The molecule has 0 saturated heterocycles. The Morgan fingerprint density at radius 2 is 2.00 bits per heavy atom. The van der Waals surface area contributed by atoms with Crippen molar-refractivity contribution < 1.29 is 24.6 Å². The van der Waals surface area contributed by atoms with E-state index in [2.05, 4.69) is 4.98 Å². The third kappa shape index (κ3) is 2.17. The zero-order chi connectivity index (χ0) is 17.9. The number of rotatable bonds is 1. The van der Waals surface area contributed by atoms with Crippen LogP contribution < -0.4 is 0 Å². The quantitative estimate of drug-likeness (QED) is 0.761. The molecule has 2 N–H and O–H groups in total. The highest BCUT2D eigenvalue weighted by Gasteiger charge is 2.49. The first-order valence-corrected chi connectivity index (χ1v) is 8.29. The highest BCUT2D eigenvalue weighted by molar-refractivity contribution is 6.22. The highest BCUT2D eigenvalue weighted by atomic mass is 16.3. The van der Waals surface area contributed by atoms with Gasteiger partial charge in [0.2, 0.25) is 0 Å². The van der Waals surface area contributed by atoms with Crippen molar-refractivity contribution in [2.45, 2.75) is 26.2 Å². The summed E-state index contributed by atoms with van der Waals surface area (Å²) in [6.45, 7) is 1.22. The Hall–Kier alpha value is -2.76. The first-order valence-electron chi connectivity index (χ1n) is 8.29. The monoisotopic (exact) mass is 339 g/mol. The molecular formula is C19H17NO5. The van der Waals surface area contributed by atoms with Gasteiger partial charge in [0.05, 0.1) is 17.2 Å². The molecule has 1 heterocycles. The molecule has 0 spiro atoms. The van der Waals surface area contributed by atoms with Crippen LogP contribution in [-0.4, -0.2) is 32.5 Å². The Bertz CT molecular complexity index is 895. The SMILES string of the molecule is CC(=O)C1=C(O)C[C@@H]2C[C@@H]3Cc4ncccc4C(=O)C3=C(O)C2C1=O. The smallest absolute Gasteiger partial charge is 0.194 e. The van der Waals surface area contributed by atoms with Gasteiger partial charge in [-0.25, -0.2) is 0 Å². The lowest BCUT2D eigenvalue weighted by molar-refractivity contribution is -0.125. The first-order chi connectivity index (χ1) is 11.9. The van der Waals surface area contributed by atoms with Crippen LogP contribution in [0.25, 0.3) is 0 Å². The van der Waals surface area contributed by atoms with Crippen molar-refractivity contribution in [3.8, 4) is 0 Å². The Morgan fingerprint density at radius 3 is 2.72 bits per heavy atom. The molecule has 3 atom stereocenters. The van der Waals surface area contributed by atoms with Gasteiger partial charge < -0.3 is 10.2 Å². The normalized spacial score (nSPS) is 28.4. The Kier molecular flexibility index (Phi) is 3.39. The number of carbonyl (C=O) groups is 3. The average Bonchev–Trinajstić information content (AvgIpc) is 2.53. The second-order valence-electron chi connectivity index (χ2n) is 6.95. The van der Waals surface area contributed by atoms with E-state index in [0.717, 1.165) is 0 Å². The number of fused-ring (bicyclic) bond motifs is 3. The highest BCUT2D eigenvalue weighted by Crippen LogP contribution is 2.48. The van der Waals surface area contributed by atoms with Gasteiger partial charge in [-0.1, -0.05) is 0 Å². The van der Waals surface area contributed by atoms with E-state index in [1.807, 2.05) is 0 Å². The molecule has 1 aromatic rings. The molecule has 3 aliphatic carbocycles. The van der Waals surface area contributed by atoms with Crippen LogP contribution >= 0.6 is 0 Å². The van der Waals surface area contributed by atoms with Crippen molar-refractivity contribution in [2.75, 3.05) is 0 Å². The summed E-state index contributed by atoms with van der Waals surface area (Å²) in [5, 5.41) is 20.9. The van der Waals surface area contributed by atoms with Gasteiger partial charge in [0.15, 0.2) is 17.3 Å². The fraction of sp³-hybridized carbons (Fsp3) is 0.368. The molecule has 0 amide bonds. The maximum atomic E-state index is 12.8. The van der Waals surface area contributed by atoms with Crippen LogP contribution in [0.5, 0.6) is 0 Å². The van der Waals surface area contributed by atoms with Crippen LogP contribution in [0.3, 0.4) is 0 Å². The molecule has 25 heavy (non-hydrogen) atoms. The Balaban J connectivity index is 1.83. The number of aliphatic hydroxyl groups is 2. The molecular weight excluding hydrogens is 322 g/mol. The zero-order valence-electron chi connectivity index (χ0n) is 13.7. The Morgan fingerprint density at radius 1 is 1.24 bits per heavy atom. The fourth-order valence-electron chi connectivity index (χ4n) is 4.46. The number of hydrogen-bond donors (Lipinski definition) is 2. The Labute approximate surface area is 143 Å². The van der Waals surface area contributed by atoms with E-state index < -0.39 is 17.5 Å². The van der Waals surface area contributed by atoms with Crippen LogP contribution in [0.1, 0.15) is 35.8 Å². The number of allylic oxidation sites excluding steroid dienone is 4. The number of aliphatic hydroxyl groups excluding tert-OH is 2. The average molecular weight is 339 g/mol. The lowest BCUT2D eigenvalue weighted by atomic mass is 9.63. The summed E-state index contributed by atoms with van der Waals surface area (Å²) in [6.07, 6.45) is 2.79. The number of carbonyl (C=O) groups excluding carboxylic acids is 3. The summed E-state index contributed by atoms with van der Waals surface area (Å²) < 4.78 is 0. The van der Waals surface area contributed by atoms with Gasteiger partial charge >= 0.3 is 0 Å².